The standard InChI is InChI=1S/C15H28O3Si/c1-7-8-9-10-13(11-12-14(16)17)18-19(5,6)15(2,3)4/h1,13H,8-12H2,2-6H3,(H,16,17). The highest BCUT2D eigenvalue weighted by Gasteiger charge is 2.38. The van der Waals surface area contributed by atoms with Crippen LogP contribution in [0.1, 0.15) is 52.9 Å². The van der Waals surface area contributed by atoms with Crippen molar-refractivity contribution in [2.75, 3.05) is 0 Å². The second kappa shape index (κ2) is 7.71. The molecule has 0 heterocycles. The minimum absolute atomic E-state index is 0.0188. The van der Waals surface area contributed by atoms with Crippen molar-refractivity contribution in [3.05, 3.63) is 0 Å². The summed E-state index contributed by atoms with van der Waals surface area (Å²) in [5.41, 5.74) is 0. The van der Waals surface area contributed by atoms with Gasteiger partial charge in [-0.05, 0) is 37.4 Å². The molecule has 0 saturated carbocycles. The molecule has 19 heavy (non-hydrogen) atoms. The van der Waals surface area contributed by atoms with Gasteiger partial charge in [-0.25, -0.2) is 0 Å². The van der Waals surface area contributed by atoms with Crippen LogP contribution in [0.15, 0.2) is 0 Å². The molecule has 3 nitrogen and oxygen atoms in total. The lowest BCUT2D eigenvalue weighted by Gasteiger charge is -2.39. The quantitative estimate of drug-likeness (QED) is 0.415. The fourth-order valence-electron chi connectivity index (χ4n) is 1.57. The van der Waals surface area contributed by atoms with E-state index in [9.17, 15) is 4.79 Å². The molecule has 0 fully saturated rings. The molecule has 1 unspecified atom stereocenters. The van der Waals surface area contributed by atoms with Gasteiger partial charge in [0.15, 0.2) is 8.32 Å². The number of unbranched alkanes of at least 4 members (excludes halogenated alkanes) is 1. The smallest absolute Gasteiger partial charge is 0.303 e. The van der Waals surface area contributed by atoms with Gasteiger partial charge < -0.3 is 9.53 Å². The normalized spacial score (nSPS) is 13.9. The van der Waals surface area contributed by atoms with Crippen molar-refractivity contribution >= 4 is 14.3 Å². The summed E-state index contributed by atoms with van der Waals surface area (Å²) in [6, 6.07) is 0. The van der Waals surface area contributed by atoms with Crippen LogP contribution in [0.4, 0.5) is 0 Å². The van der Waals surface area contributed by atoms with Gasteiger partial charge >= 0.3 is 5.97 Å². The van der Waals surface area contributed by atoms with Gasteiger partial charge in [0.25, 0.3) is 0 Å². The Morgan fingerprint density at radius 3 is 2.37 bits per heavy atom. The molecule has 4 heteroatoms. The Kier molecular flexibility index (Phi) is 7.39. The average molecular weight is 284 g/mol. The number of hydrogen-bond acceptors (Lipinski definition) is 2. The molecule has 0 amide bonds. The first kappa shape index (κ1) is 18.2. The molecule has 0 aromatic rings. The molecule has 0 aromatic heterocycles. The van der Waals surface area contributed by atoms with Crippen LogP contribution in [0.2, 0.25) is 18.1 Å². The maximum Gasteiger partial charge on any atom is 0.303 e. The zero-order chi connectivity index (χ0) is 15.1. The Bertz CT molecular complexity index is 323. The summed E-state index contributed by atoms with van der Waals surface area (Å²) in [6.07, 6.45) is 8.49. The van der Waals surface area contributed by atoms with Crippen LogP contribution >= 0.6 is 0 Å². The highest BCUT2D eigenvalue weighted by molar-refractivity contribution is 6.74. The average Bonchev–Trinajstić information content (AvgIpc) is 2.24. The molecule has 0 aliphatic carbocycles. The molecular formula is C15H28O3Si. The summed E-state index contributed by atoms with van der Waals surface area (Å²) in [6.45, 7) is 11.0. The molecule has 0 aromatic carbocycles. The number of carboxylic acids is 1. The Hall–Kier alpha value is -0.793. The second-order valence-corrected chi connectivity index (χ2v) is 11.3. The Morgan fingerprint density at radius 1 is 1.37 bits per heavy atom. The number of rotatable bonds is 8. The van der Waals surface area contributed by atoms with Crippen LogP contribution in [0.3, 0.4) is 0 Å². The second-order valence-electron chi connectivity index (χ2n) is 6.53. The summed E-state index contributed by atoms with van der Waals surface area (Å²) < 4.78 is 6.31. The highest BCUT2D eigenvalue weighted by atomic mass is 28.4. The van der Waals surface area contributed by atoms with Crippen molar-refractivity contribution in [1.82, 2.24) is 0 Å². The first-order valence-electron chi connectivity index (χ1n) is 6.93. The third kappa shape index (κ3) is 7.39. The Morgan fingerprint density at radius 2 is 1.95 bits per heavy atom. The molecule has 0 rings (SSSR count). The van der Waals surface area contributed by atoms with Gasteiger partial charge in [-0.2, -0.15) is 0 Å². The molecular weight excluding hydrogens is 256 g/mol. The van der Waals surface area contributed by atoms with E-state index in [0.717, 1.165) is 19.3 Å². The first-order chi connectivity index (χ1) is 8.60. The maximum atomic E-state index is 10.7. The number of hydrogen-bond donors (Lipinski definition) is 1. The van der Waals surface area contributed by atoms with E-state index < -0.39 is 14.3 Å². The van der Waals surface area contributed by atoms with Crippen LogP contribution in [0.5, 0.6) is 0 Å². The van der Waals surface area contributed by atoms with Gasteiger partial charge in [-0.3, -0.25) is 4.79 Å². The number of aliphatic carboxylic acids is 1. The van der Waals surface area contributed by atoms with Crippen molar-refractivity contribution in [3.63, 3.8) is 0 Å². The van der Waals surface area contributed by atoms with Gasteiger partial charge in [0, 0.05) is 18.9 Å². The van der Waals surface area contributed by atoms with Gasteiger partial charge in [0.1, 0.15) is 0 Å². The van der Waals surface area contributed by atoms with E-state index in [0.29, 0.717) is 6.42 Å². The summed E-state index contributed by atoms with van der Waals surface area (Å²) >= 11 is 0. The summed E-state index contributed by atoms with van der Waals surface area (Å²) in [4.78, 5) is 10.7. The number of carbonyl (C=O) groups is 1. The molecule has 0 radical (unpaired) electrons. The topological polar surface area (TPSA) is 46.5 Å². The molecule has 0 spiro atoms. The molecule has 0 saturated heterocycles. The predicted molar refractivity (Wildman–Crippen MR) is 81.6 cm³/mol. The number of carboxylic acid groups (broad SMARTS) is 1. The zero-order valence-electron chi connectivity index (χ0n) is 13.0. The van der Waals surface area contributed by atoms with E-state index in [1.54, 1.807) is 0 Å². The molecule has 110 valence electrons. The molecule has 0 aliphatic rings. The van der Waals surface area contributed by atoms with E-state index >= 15 is 0 Å². The van der Waals surface area contributed by atoms with Crippen LogP contribution < -0.4 is 0 Å². The lowest BCUT2D eigenvalue weighted by atomic mass is 10.1. The van der Waals surface area contributed by atoms with E-state index in [1.807, 2.05) is 0 Å². The van der Waals surface area contributed by atoms with Crippen LogP contribution in [-0.2, 0) is 9.22 Å². The van der Waals surface area contributed by atoms with Crippen molar-refractivity contribution in [3.8, 4) is 12.3 Å². The van der Waals surface area contributed by atoms with Crippen LogP contribution in [0.25, 0.3) is 0 Å². The minimum Gasteiger partial charge on any atom is -0.481 e. The van der Waals surface area contributed by atoms with Crippen molar-refractivity contribution < 1.29 is 14.3 Å². The molecule has 1 N–H and O–H groups in total. The highest BCUT2D eigenvalue weighted by Crippen LogP contribution is 2.38. The third-order valence-electron chi connectivity index (χ3n) is 3.79. The van der Waals surface area contributed by atoms with Crippen molar-refractivity contribution in [2.45, 2.75) is 77.1 Å². The molecule has 0 aliphatic heterocycles. The lowest BCUT2D eigenvalue weighted by Crippen LogP contribution is -2.44. The SMILES string of the molecule is C#CCCCC(CCC(=O)O)O[Si](C)(C)C(C)(C)C. The van der Waals surface area contributed by atoms with Crippen LogP contribution in [0, 0.1) is 12.3 Å². The Labute approximate surface area is 118 Å². The summed E-state index contributed by atoms with van der Waals surface area (Å²) in [5.74, 6) is 1.86. The van der Waals surface area contributed by atoms with E-state index in [2.05, 4.69) is 39.8 Å². The Balaban J connectivity index is 4.56. The van der Waals surface area contributed by atoms with Gasteiger partial charge in [-0.1, -0.05) is 20.8 Å². The van der Waals surface area contributed by atoms with E-state index in [1.165, 1.54) is 0 Å². The van der Waals surface area contributed by atoms with E-state index in [-0.39, 0.29) is 17.6 Å². The first-order valence-corrected chi connectivity index (χ1v) is 9.84. The monoisotopic (exact) mass is 284 g/mol. The van der Waals surface area contributed by atoms with Gasteiger partial charge in [-0.15, -0.1) is 12.3 Å². The summed E-state index contributed by atoms with van der Waals surface area (Å²) in [5, 5.41) is 8.96. The fourth-order valence-corrected chi connectivity index (χ4v) is 2.99. The maximum absolute atomic E-state index is 10.7. The predicted octanol–water partition coefficient (Wildman–Crippen LogP) is 4.05. The fraction of sp³-hybridized carbons (Fsp3) is 0.800. The molecule has 1 atom stereocenters. The zero-order valence-corrected chi connectivity index (χ0v) is 14.0. The lowest BCUT2D eigenvalue weighted by molar-refractivity contribution is -0.137. The van der Waals surface area contributed by atoms with E-state index in [4.69, 9.17) is 16.0 Å². The van der Waals surface area contributed by atoms with Gasteiger partial charge in [0.2, 0.25) is 0 Å². The van der Waals surface area contributed by atoms with Crippen LogP contribution in [-0.4, -0.2) is 25.5 Å². The summed E-state index contributed by atoms with van der Waals surface area (Å²) in [7, 11) is -1.84. The third-order valence-corrected chi connectivity index (χ3v) is 8.33. The minimum atomic E-state index is -1.84. The van der Waals surface area contributed by atoms with Crippen molar-refractivity contribution in [2.24, 2.45) is 0 Å². The largest absolute Gasteiger partial charge is 0.481 e. The van der Waals surface area contributed by atoms with Crippen molar-refractivity contribution in [1.29, 1.82) is 0 Å². The molecule has 0 bridgehead atoms. The van der Waals surface area contributed by atoms with Gasteiger partial charge in [0.05, 0.1) is 0 Å². The number of terminal acetylenes is 1.